The molecule has 4 nitrogen and oxygen atoms in total. The molecule has 0 aliphatic heterocycles. The number of carbonyl (C=O) groups excluding carboxylic acids is 1. The summed E-state index contributed by atoms with van der Waals surface area (Å²) in [5, 5.41) is 3.58. The minimum atomic E-state index is 0.00492. The lowest BCUT2D eigenvalue weighted by Gasteiger charge is -2.14. The van der Waals surface area contributed by atoms with Crippen LogP contribution in [0.3, 0.4) is 0 Å². The molecule has 2 aromatic carbocycles. The molecule has 122 valence electrons. The zero-order valence-electron chi connectivity index (χ0n) is 13.4. The molecule has 23 heavy (non-hydrogen) atoms. The summed E-state index contributed by atoms with van der Waals surface area (Å²) in [7, 11) is 3.65. The van der Waals surface area contributed by atoms with Gasteiger partial charge >= 0.3 is 0 Å². The number of hydrogen-bond donors (Lipinski definition) is 2. The first-order valence-corrected chi connectivity index (χ1v) is 7.90. The van der Waals surface area contributed by atoms with E-state index in [1.54, 1.807) is 7.11 Å². The monoisotopic (exact) mass is 333 g/mol. The lowest BCUT2D eigenvalue weighted by atomic mass is 10.2. The second-order valence-corrected chi connectivity index (χ2v) is 5.94. The maximum Gasteiger partial charge on any atom is 0.275 e. The maximum absolute atomic E-state index is 12.1. The molecule has 5 heteroatoms. The van der Waals surface area contributed by atoms with Gasteiger partial charge in [0.05, 0.1) is 14.2 Å². The third-order valence-corrected chi connectivity index (χ3v) is 3.90. The van der Waals surface area contributed by atoms with Crippen LogP contribution in [0.15, 0.2) is 48.5 Å². The Morgan fingerprint density at radius 3 is 2.74 bits per heavy atom. The van der Waals surface area contributed by atoms with Crippen LogP contribution in [0.1, 0.15) is 11.1 Å². The van der Waals surface area contributed by atoms with Crippen molar-refractivity contribution in [1.29, 1.82) is 0 Å². The Kier molecular flexibility index (Phi) is 6.44. The minimum absolute atomic E-state index is 0.00492. The number of hydrogen-bond acceptors (Lipinski definition) is 2. The van der Waals surface area contributed by atoms with Crippen molar-refractivity contribution in [2.75, 3.05) is 20.7 Å². The highest BCUT2D eigenvalue weighted by Gasteiger charge is 2.11. The fraction of sp³-hybridized carbons (Fsp3) is 0.278. The fourth-order valence-electron chi connectivity index (χ4n) is 2.37. The molecule has 1 amide bonds. The molecule has 0 aliphatic carbocycles. The average molecular weight is 334 g/mol. The largest absolute Gasteiger partial charge is 0.497 e. The predicted molar refractivity (Wildman–Crippen MR) is 91.8 cm³/mol. The van der Waals surface area contributed by atoms with E-state index in [-0.39, 0.29) is 5.91 Å². The summed E-state index contributed by atoms with van der Waals surface area (Å²) in [5.74, 6) is 0.837. The summed E-state index contributed by atoms with van der Waals surface area (Å²) in [6, 6.07) is 15.4. The van der Waals surface area contributed by atoms with Crippen molar-refractivity contribution < 1.29 is 14.4 Å². The first-order chi connectivity index (χ1) is 11.1. The van der Waals surface area contributed by atoms with Crippen molar-refractivity contribution in [2.45, 2.75) is 13.1 Å². The molecule has 0 saturated heterocycles. The van der Waals surface area contributed by atoms with Crippen molar-refractivity contribution in [3.8, 4) is 5.75 Å². The summed E-state index contributed by atoms with van der Waals surface area (Å²) in [6.07, 6.45) is 0. The highest BCUT2D eigenvalue weighted by Crippen LogP contribution is 2.14. The molecule has 0 radical (unpaired) electrons. The molecular weight excluding hydrogens is 312 g/mol. The molecule has 2 aromatic rings. The molecule has 0 heterocycles. The quantitative estimate of drug-likeness (QED) is 0.809. The predicted octanol–water partition coefficient (Wildman–Crippen LogP) is 1.68. The van der Waals surface area contributed by atoms with Crippen molar-refractivity contribution in [2.24, 2.45) is 0 Å². The van der Waals surface area contributed by atoms with E-state index < -0.39 is 0 Å². The summed E-state index contributed by atoms with van der Waals surface area (Å²) in [6.45, 7) is 1.61. The maximum atomic E-state index is 12.1. The SMILES string of the molecule is COc1cccc(C[NH+](C)CC(=O)NCc2ccccc2Cl)c1. The summed E-state index contributed by atoms with van der Waals surface area (Å²) < 4.78 is 5.22. The zero-order valence-corrected chi connectivity index (χ0v) is 14.2. The van der Waals surface area contributed by atoms with Crippen LogP contribution in [0.4, 0.5) is 0 Å². The van der Waals surface area contributed by atoms with Crippen molar-refractivity contribution in [1.82, 2.24) is 5.32 Å². The molecule has 2 N–H and O–H groups in total. The number of quaternary nitrogens is 1. The zero-order chi connectivity index (χ0) is 16.7. The van der Waals surface area contributed by atoms with Gasteiger partial charge in [0.15, 0.2) is 6.54 Å². The van der Waals surface area contributed by atoms with E-state index >= 15 is 0 Å². The van der Waals surface area contributed by atoms with E-state index in [0.717, 1.165) is 28.3 Å². The first kappa shape index (κ1) is 17.3. The highest BCUT2D eigenvalue weighted by atomic mass is 35.5. The van der Waals surface area contributed by atoms with E-state index in [2.05, 4.69) is 5.32 Å². The van der Waals surface area contributed by atoms with Gasteiger partial charge < -0.3 is 15.0 Å². The van der Waals surface area contributed by atoms with Gasteiger partial charge in [-0.15, -0.1) is 0 Å². The van der Waals surface area contributed by atoms with E-state index in [0.29, 0.717) is 18.1 Å². The van der Waals surface area contributed by atoms with Crippen molar-refractivity contribution in [3.05, 3.63) is 64.7 Å². The Bertz CT molecular complexity index is 661. The average Bonchev–Trinajstić information content (AvgIpc) is 2.54. The van der Waals surface area contributed by atoms with Gasteiger partial charge in [-0.25, -0.2) is 0 Å². The Morgan fingerprint density at radius 2 is 2.00 bits per heavy atom. The van der Waals surface area contributed by atoms with Crippen LogP contribution >= 0.6 is 11.6 Å². The van der Waals surface area contributed by atoms with Crippen LogP contribution in [-0.2, 0) is 17.9 Å². The Labute approximate surface area is 142 Å². The van der Waals surface area contributed by atoms with Gasteiger partial charge in [-0.3, -0.25) is 4.79 Å². The molecule has 0 aromatic heterocycles. The fourth-order valence-corrected chi connectivity index (χ4v) is 2.57. The number of nitrogens with one attached hydrogen (secondary N) is 2. The molecule has 1 atom stereocenters. The molecule has 0 bridgehead atoms. The van der Waals surface area contributed by atoms with Gasteiger partial charge in [0.25, 0.3) is 5.91 Å². The van der Waals surface area contributed by atoms with Crippen LogP contribution in [0.2, 0.25) is 5.02 Å². The third kappa shape index (κ3) is 5.58. The number of benzene rings is 2. The number of ether oxygens (including phenoxy) is 1. The Morgan fingerprint density at radius 1 is 1.22 bits per heavy atom. The highest BCUT2D eigenvalue weighted by molar-refractivity contribution is 6.31. The number of halogens is 1. The summed E-state index contributed by atoms with van der Waals surface area (Å²) in [5.41, 5.74) is 2.06. The number of rotatable bonds is 7. The van der Waals surface area contributed by atoms with E-state index in [1.807, 2.05) is 55.6 Å². The second-order valence-electron chi connectivity index (χ2n) is 5.53. The standard InChI is InChI=1S/C18H21ClN2O2/c1-21(12-14-6-5-8-16(10-14)23-2)13-18(22)20-11-15-7-3-4-9-17(15)19/h3-10H,11-13H2,1-2H3,(H,20,22)/p+1. The molecule has 1 unspecified atom stereocenters. The van der Waals surface area contributed by atoms with Crippen LogP contribution in [-0.4, -0.2) is 26.6 Å². The third-order valence-electron chi connectivity index (χ3n) is 3.54. The van der Waals surface area contributed by atoms with E-state index in [9.17, 15) is 4.79 Å². The van der Waals surface area contributed by atoms with Gasteiger partial charge in [0.1, 0.15) is 12.3 Å². The van der Waals surface area contributed by atoms with Crippen molar-refractivity contribution >= 4 is 17.5 Å². The van der Waals surface area contributed by atoms with Gasteiger partial charge in [-0.2, -0.15) is 0 Å². The molecule has 0 spiro atoms. The van der Waals surface area contributed by atoms with Gasteiger partial charge in [0.2, 0.25) is 0 Å². The second kappa shape index (κ2) is 8.56. The topological polar surface area (TPSA) is 42.8 Å². The van der Waals surface area contributed by atoms with Crippen LogP contribution in [0.25, 0.3) is 0 Å². The normalized spacial score (nSPS) is 11.8. The molecule has 2 rings (SSSR count). The van der Waals surface area contributed by atoms with E-state index in [4.69, 9.17) is 16.3 Å². The van der Waals surface area contributed by atoms with Crippen LogP contribution in [0, 0.1) is 0 Å². The molecule has 0 fully saturated rings. The summed E-state index contributed by atoms with van der Waals surface area (Å²) >= 11 is 6.08. The lowest BCUT2D eigenvalue weighted by Crippen LogP contribution is -3.08. The number of amides is 1. The summed E-state index contributed by atoms with van der Waals surface area (Å²) in [4.78, 5) is 13.2. The minimum Gasteiger partial charge on any atom is -0.497 e. The van der Waals surface area contributed by atoms with Crippen molar-refractivity contribution in [3.63, 3.8) is 0 Å². The Hall–Kier alpha value is -2.04. The molecule has 0 saturated carbocycles. The van der Waals surface area contributed by atoms with Gasteiger partial charge in [-0.05, 0) is 23.8 Å². The molecular formula is C18H22ClN2O2+. The first-order valence-electron chi connectivity index (χ1n) is 7.53. The van der Waals surface area contributed by atoms with Crippen LogP contribution < -0.4 is 15.0 Å². The van der Waals surface area contributed by atoms with E-state index in [1.165, 1.54) is 0 Å². The smallest absolute Gasteiger partial charge is 0.275 e. The Balaban J connectivity index is 1.81. The van der Waals surface area contributed by atoms with Gasteiger partial charge in [0, 0.05) is 17.1 Å². The number of likely N-dealkylation sites (N-methyl/N-ethyl adjacent to an activating group) is 1. The number of methoxy groups -OCH3 is 1. The van der Waals surface area contributed by atoms with Gasteiger partial charge in [-0.1, -0.05) is 41.9 Å². The lowest BCUT2D eigenvalue weighted by molar-refractivity contribution is -0.885. The van der Waals surface area contributed by atoms with Crippen LogP contribution in [0.5, 0.6) is 5.75 Å². The number of carbonyl (C=O) groups is 1. The molecule has 0 aliphatic rings.